The van der Waals surface area contributed by atoms with E-state index >= 15 is 0 Å². The van der Waals surface area contributed by atoms with Crippen molar-refractivity contribution >= 4 is 12.0 Å². The summed E-state index contributed by atoms with van der Waals surface area (Å²) in [7, 11) is 0. The third-order valence-corrected chi connectivity index (χ3v) is 1.75. The maximum atomic E-state index is 11.7. The third-order valence-electron chi connectivity index (χ3n) is 1.75. The fourth-order valence-electron chi connectivity index (χ4n) is 1.07. The third kappa shape index (κ3) is 4.21. The highest BCUT2D eigenvalue weighted by atomic mass is 16.6. The first kappa shape index (κ1) is 13.1. The predicted octanol–water partition coefficient (Wildman–Crippen LogP) is 0.832. The number of ether oxygens (including phenoxy) is 1. The Labute approximate surface area is 99.2 Å². The van der Waals surface area contributed by atoms with Gasteiger partial charge in [0.25, 0.3) is 5.91 Å². The van der Waals surface area contributed by atoms with E-state index in [4.69, 9.17) is 4.74 Å². The summed E-state index contributed by atoms with van der Waals surface area (Å²) in [5.41, 5.74) is -0.597. The summed E-state index contributed by atoms with van der Waals surface area (Å²) in [5, 5.41) is 6.11. The number of aromatic nitrogens is 3. The van der Waals surface area contributed by atoms with E-state index in [1.165, 1.54) is 12.7 Å². The minimum atomic E-state index is -0.730. The Bertz CT molecular complexity index is 394. The average Bonchev–Trinajstić information content (AvgIpc) is 2.65. The van der Waals surface area contributed by atoms with Crippen molar-refractivity contribution in [2.24, 2.45) is 0 Å². The summed E-state index contributed by atoms with van der Waals surface area (Å²) < 4.78 is 6.09. The van der Waals surface area contributed by atoms with Crippen LogP contribution in [0.1, 0.15) is 32.5 Å². The van der Waals surface area contributed by atoms with Gasteiger partial charge in [-0.15, -0.1) is 0 Å². The zero-order valence-electron chi connectivity index (χ0n) is 10.3. The van der Waals surface area contributed by atoms with Crippen LogP contribution in [0.4, 0.5) is 4.79 Å². The molecular formula is C10H16N4O3. The number of hydrogen-bond acceptors (Lipinski definition) is 5. The van der Waals surface area contributed by atoms with Crippen molar-refractivity contribution in [2.75, 3.05) is 0 Å². The van der Waals surface area contributed by atoms with Gasteiger partial charge in [-0.05, 0) is 27.7 Å². The Morgan fingerprint density at radius 1 is 1.41 bits per heavy atom. The van der Waals surface area contributed by atoms with Crippen molar-refractivity contribution in [3.05, 3.63) is 12.7 Å². The van der Waals surface area contributed by atoms with Gasteiger partial charge >= 0.3 is 6.09 Å². The molecule has 0 aliphatic rings. The molecule has 1 unspecified atom stereocenters. The maximum absolute atomic E-state index is 11.7. The first-order valence-corrected chi connectivity index (χ1v) is 5.18. The van der Waals surface area contributed by atoms with Gasteiger partial charge in [-0.3, -0.25) is 4.79 Å². The highest BCUT2D eigenvalue weighted by Crippen LogP contribution is 2.06. The topological polar surface area (TPSA) is 86.1 Å². The summed E-state index contributed by atoms with van der Waals surface area (Å²) in [4.78, 5) is 26.8. The molecule has 0 saturated heterocycles. The summed E-state index contributed by atoms with van der Waals surface area (Å²) in [6.07, 6.45) is 1.88. The standard InChI is InChI=1S/C10H16N4O3/c1-7(8(15)14-6-11-5-12-14)13-9(16)17-10(2,3)4/h5-7H,1-4H3,(H,13,16). The second-order valence-electron chi connectivity index (χ2n) is 4.55. The van der Waals surface area contributed by atoms with Crippen molar-refractivity contribution in [2.45, 2.75) is 39.3 Å². The summed E-state index contributed by atoms with van der Waals surface area (Å²) in [6, 6.07) is -0.730. The zero-order chi connectivity index (χ0) is 13.1. The van der Waals surface area contributed by atoms with Crippen LogP contribution in [0.2, 0.25) is 0 Å². The molecule has 1 aromatic rings. The van der Waals surface area contributed by atoms with Gasteiger partial charge in [0.2, 0.25) is 0 Å². The Kier molecular flexibility index (Phi) is 3.82. The van der Waals surface area contributed by atoms with Crippen LogP contribution in [-0.2, 0) is 4.74 Å². The SMILES string of the molecule is CC(NC(=O)OC(C)(C)C)C(=O)n1cncn1. The number of nitrogens with zero attached hydrogens (tertiary/aromatic N) is 3. The number of alkyl carbamates (subject to hydrolysis) is 1. The number of hydrogen-bond donors (Lipinski definition) is 1. The van der Waals surface area contributed by atoms with Crippen LogP contribution in [0, 0.1) is 0 Å². The van der Waals surface area contributed by atoms with Crippen LogP contribution >= 0.6 is 0 Å². The molecule has 7 heteroatoms. The van der Waals surface area contributed by atoms with Crippen LogP contribution in [0.3, 0.4) is 0 Å². The molecule has 0 spiro atoms. The first-order valence-electron chi connectivity index (χ1n) is 5.18. The van der Waals surface area contributed by atoms with Crippen molar-refractivity contribution < 1.29 is 14.3 Å². The number of nitrogens with one attached hydrogen (secondary N) is 1. The van der Waals surface area contributed by atoms with Crippen LogP contribution in [0.25, 0.3) is 0 Å². The molecule has 1 amide bonds. The quantitative estimate of drug-likeness (QED) is 0.827. The van der Waals surface area contributed by atoms with Crippen LogP contribution in [0.15, 0.2) is 12.7 Å². The lowest BCUT2D eigenvalue weighted by molar-refractivity contribution is 0.0486. The largest absolute Gasteiger partial charge is 0.444 e. The molecule has 1 rings (SSSR count). The molecule has 0 fully saturated rings. The number of amides is 1. The molecule has 0 saturated carbocycles. The lowest BCUT2D eigenvalue weighted by Crippen LogP contribution is -2.43. The number of rotatable bonds is 2. The molecule has 0 aliphatic heterocycles. The molecule has 7 nitrogen and oxygen atoms in total. The second kappa shape index (κ2) is 4.94. The highest BCUT2D eigenvalue weighted by Gasteiger charge is 2.22. The van der Waals surface area contributed by atoms with Crippen molar-refractivity contribution in [1.29, 1.82) is 0 Å². The fourth-order valence-corrected chi connectivity index (χ4v) is 1.07. The van der Waals surface area contributed by atoms with Crippen molar-refractivity contribution in [3.8, 4) is 0 Å². The minimum Gasteiger partial charge on any atom is -0.444 e. The van der Waals surface area contributed by atoms with Gasteiger partial charge in [-0.1, -0.05) is 0 Å². The normalized spacial score (nSPS) is 12.9. The molecule has 0 bridgehead atoms. The lowest BCUT2D eigenvalue weighted by Gasteiger charge is -2.21. The van der Waals surface area contributed by atoms with Crippen molar-refractivity contribution in [1.82, 2.24) is 20.1 Å². The summed E-state index contributed by atoms with van der Waals surface area (Å²) in [5.74, 6) is -0.381. The van der Waals surface area contributed by atoms with Gasteiger partial charge in [0.15, 0.2) is 0 Å². The van der Waals surface area contributed by atoms with E-state index in [1.807, 2.05) is 0 Å². The minimum absolute atomic E-state index is 0.381. The molecular weight excluding hydrogens is 224 g/mol. The Hall–Kier alpha value is -1.92. The van der Waals surface area contributed by atoms with E-state index in [9.17, 15) is 9.59 Å². The Balaban J connectivity index is 2.52. The van der Waals surface area contributed by atoms with E-state index < -0.39 is 17.7 Å². The monoisotopic (exact) mass is 240 g/mol. The smallest absolute Gasteiger partial charge is 0.408 e. The van der Waals surface area contributed by atoms with Gasteiger partial charge < -0.3 is 10.1 Å². The van der Waals surface area contributed by atoms with Crippen LogP contribution in [-0.4, -0.2) is 38.4 Å². The number of carbonyl (C=O) groups excluding carboxylic acids is 2. The Morgan fingerprint density at radius 2 is 2.06 bits per heavy atom. The van der Waals surface area contributed by atoms with E-state index in [0.717, 1.165) is 4.68 Å². The second-order valence-corrected chi connectivity index (χ2v) is 4.55. The van der Waals surface area contributed by atoms with E-state index in [1.54, 1.807) is 27.7 Å². The fraction of sp³-hybridized carbons (Fsp3) is 0.600. The number of carbonyl (C=O) groups is 2. The maximum Gasteiger partial charge on any atom is 0.408 e. The molecule has 1 heterocycles. The lowest BCUT2D eigenvalue weighted by atomic mass is 10.2. The molecule has 17 heavy (non-hydrogen) atoms. The highest BCUT2D eigenvalue weighted by molar-refractivity contribution is 5.86. The molecule has 1 aromatic heterocycles. The molecule has 94 valence electrons. The molecule has 0 aliphatic carbocycles. The van der Waals surface area contributed by atoms with Gasteiger partial charge in [0.1, 0.15) is 24.3 Å². The van der Waals surface area contributed by atoms with Crippen LogP contribution < -0.4 is 5.32 Å². The van der Waals surface area contributed by atoms with E-state index in [-0.39, 0.29) is 5.91 Å². The van der Waals surface area contributed by atoms with Gasteiger partial charge in [-0.2, -0.15) is 9.78 Å². The molecule has 0 radical (unpaired) electrons. The molecule has 1 atom stereocenters. The van der Waals surface area contributed by atoms with Crippen molar-refractivity contribution in [3.63, 3.8) is 0 Å². The predicted molar refractivity (Wildman–Crippen MR) is 59.5 cm³/mol. The van der Waals surface area contributed by atoms with E-state index in [0.29, 0.717) is 0 Å². The zero-order valence-corrected chi connectivity index (χ0v) is 10.3. The first-order chi connectivity index (χ1) is 7.79. The van der Waals surface area contributed by atoms with Gasteiger partial charge in [0, 0.05) is 0 Å². The average molecular weight is 240 g/mol. The summed E-state index contributed by atoms with van der Waals surface area (Å²) >= 11 is 0. The van der Waals surface area contributed by atoms with Gasteiger partial charge in [-0.25, -0.2) is 9.78 Å². The van der Waals surface area contributed by atoms with Gasteiger partial charge in [0.05, 0.1) is 0 Å². The Morgan fingerprint density at radius 3 is 2.53 bits per heavy atom. The van der Waals surface area contributed by atoms with E-state index in [2.05, 4.69) is 15.4 Å². The van der Waals surface area contributed by atoms with Crippen LogP contribution in [0.5, 0.6) is 0 Å². The molecule has 0 aromatic carbocycles. The summed E-state index contributed by atoms with van der Waals surface area (Å²) in [6.45, 7) is 6.79. The molecule has 1 N–H and O–H groups in total.